The molecule has 0 aromatic carbocycles. The van der Waals surface area contributed by atoms with Gasteiger partial charge in [-0.15, -0.1) is 0 Å². The maximum atomic E-state index is 12.1. The molecule has 0 saturated heterocycles. The minimum absolute atomic E-state index is 0.0764. The molecule has 2 amide bonds. The number of aryl methyl sites for hydroxylation is 1. The summed E-state index contributed by atoms with van der Waals surface area (Å²) in [4.78, 5) is 28.7. The molecular weight excluding hydrogens is 316 g/mol. The predicted molar refractivity (Wildman–Crippen MR) is 96.0 cm³/mol. The number of carbonyl (C=O) groups is 2. The van der Waals surface area contributed by atoms with Crippen LogP contribution in [0.1, 0.15) is 50.3 Å². The number of hydrogen-bond acceptors (Lipinski definition) is 3. The molecule has 0 radical (unpaired) electrons. The van der Waals surface area contributed by atoms with E-state index in [1.165, 1.54) is 0 Å². The first-order valence-corrected chi connectivity index (χ1v) is 9.02. The molecule has 0 spiro atoms. The van der Waals surface area contributed by atoms with E-state index in [0.717, 1.165) is 42.6 Å². The second kappa shape index (κ2) is 7.68. The van der Waals surface area contributed by atoms with Gasteiger partial charge in [0.05, 0.1) is 12.2 Å². The lowest BCUT2D eigenvalue weighted by Gasteiger charge is -2.16. The molecule has 6 heteroatoms. The second-order valence-electron chi connectivity index (χ2n) is 7.07. The fraction of sp³-hybridized carbons (Fsp3) is 0.526. The first-order chi connectivity index (χ1) is 12.0. The molecule has 2 aromatic rings. The van der Waals surface area contributed by atoms with E-state index in [0.29, 0.717) is 6.54 Å². The standard InChI is InChI=1S/C19H26N4O2/c1-13-7-8-23-12-16(22-17(23)9-13)11-20-18(24)10-14(2)21-19(25)15-5-3-4-6-15/h7-9,12,14-15H,3-6,10-11H2,1-2H3,(H,20,24)(H,21,25)/t14-/m1/s1. The van der Waals surface area contributed by atoms with Gasteiger partial charge < -0.3 is 15.0 Å². The van der Waals surface area contributed by atoms with Crippen LogP contribution in [-0.2, 0) is 16.1 Å². The summed E-state index contributed by atoms with van der Waals surface area (Å²) >= 11 is 0. The number of fused-ring (bicyclic) bond motifs is 1. The Morgan fingerprint density at radius 2 is 2.12 bits per heavy atom. The topological polar surface area (TPSA) is 75.5 Å². The van der Waals surface area contributed by atoms with E-state index in [1.54, 1.807) is 0 Å². The van der Waals surface area contributed by atoms with E-state index in [-0.39, 0.29) is 30.2 Å². The molecule has 1 aliphatic rings. The maximum Gasteiger partial charge on any atom is 0.223 e. The van der Waals surface area contributed by atoms with Crippen LogP contribution in [0.4, 0.5) is 0 Å². The molecule has 2 heterocycles. The molecule has 25 heavy (non-hydrogen) atoms. The van der Waals surface area contributed by atoms with Crippen molar-refractivity contribution in [2.75, 3.05) is 0 Å². The van der Waals surface area contributed by atoms with Gasteiger partial charge in [-0.3, -0.25) is 9.59 Å². The summed E-state index contributed by atoms with van der Waals surface area (Å²) in [6.07, 6.45) is 8.36. The number of rotatable bonds is 6. The minimum atomic E-state index is -0.156. The van der Waals surface area contributed by atoms with Crippen molar-refractivity contribution in [3.05, 3.63) is 35.8 Å². The largest absolute Gasteiger partial charge is 0.353 e. The molecule has 134 valence electrons. The van der Waals surface area contributed by atoms with Crippen LogP contribution in [0.3, 0.4) is 0 Å². The number of nitrogens with zero attached hydrogens (tertiary/aromatic N) is 2. The van der Waals surface area contributed by atoms with Crippen molar-refractivity contribution in [3.8, 4) is 0 Å². The van der Waals surface area contributed by atoms with Gasteiger partial charge in [-0.1, -0.05) is 12.8 Å². The van der Waals surface area contributed by atoms with Gasteiger partial charge in [0.25, 0.3) is 0 Å². The summed E-state index contributed by atoms with van der Waals surface area (Å²) in [5.74, 6) is 0.146. The predicted octanol–water partition coefficient (Wildman–Crippen LogP) is 2.34. The Hall–Kier alpha value is -2.37. The fourth-order valence-electron chi connectivity index (χ4n) is 3.36. The van der Waals surface area contributed by atoms with Gasteiger partial charge in [0.15, 0.2) is 0 Å². The lowest BCUT2D eigenvalue weighted by molar-refractivity contribution is -0.126. The van der Waals surface area contributed by atoms with Gasteiger partial charge in [-0.25, -0.2) is 4.98 Å². The molecule has 1 aliphatic carbocycles. The van der Waals surface area contributed by atoms with Gasteiger partial charge in [-0.2, -0.15) is 0 Å². The summed E-state index contributed by atoms with van der Waals surface area (Å²) in [6, 6.07) is 3.87. The van der Waals surface area contributed by atoms with E-state index >= 15 is 0 Å². The molecule has 3 rings (SSSR count). The van der Waals surface area contributed by atoms with Crippen molar-refractivity contribution < 1.29 is 9.59 Å². The highest BCUT2D eigenvalue weighted by Crippen LogP contribution is 2.24. The SMILES string of the molecule is Cc1ccn2cc(CNC(=O)C[C@@H](C)NC(=O)C3CCCC3)nc2c1. The molecule has 2 aromatic heterocycles. The number of imidazole rings is 1. The fourth-order valence-corrected chi connectivity index (χ4v) is 3.36. The second-order valence-corrected chi connectivity index (χ2v) is 7.07. The lowest BCUT2D eigenvalue weighted by atomic mass is 10.1. The van der Waals surface area contributed by atoms with E-state index in [9.17, 15) is 9.59 Å². The van der Waals surface area contributed by atoms with E-state index in [4.69, 9.17) is 0 Å². The van der Waals surface area contributed by atoms with Crippen molar-refractivity contribution in [1.29, 1.82) is 0 Å². The number of carbonyl (C=O) groups excluding carboxylic acids is 2. The molecule has 1 atom stereocenters. The van der Waals surface area contributed by atoms with Crippen LogP contribution in [0.2, 0.25) is 0 Å². The number of aromatic nitrogens is 2. The highest BCUT2D eigenvalue weighted by molar-refractivity contribution is 5.81. The third-order valence-electron chi connectivity index (χ3n) is 4.74. The number of amides is 2. The van der Waals surface area contributed by atoms with Crippen LogP contribution in [0.5, 0.6) is 0 Å². The molecule has 2 N–H and O–H groups in total. The van der Waals surface area contributed by atoms with Gasteiger partial charge in [-0.05, 0) is 44.4 Å². The zero-order valence-corrected chi connectivity index (χ0v) is 14.9. The van der Waals surface area contributed by atoms with Crippen molar-refractivity contribution in [1.82, 2.24) is 20.0 Å². The molecule has 0 bridgehead atoms. The van der Waals surface area contributed by atoms with E-state index in [2.05, 4.69) is 15.6 Å². The van der Waals surface area contributed by atoms with Crippen molar-refractivity contribution in [3.63, 3.8) is 0 Å². The molecular formula is C19H26N4O2. The highest BCUT2D eigenvalue weighted by Gasteiger charge is 2.24. The maximum absolute atomic E-state index is 12.1. The number of pyridine rings is 1. The minimum Gasteiger partial charge on any atom is -0.353 e. The Labute approximate surface area is 148 Å². The van der Waals surface area contributed by atoms with Gasteiger partial charge >= 0.3 is 0 Å². The highest BCUT2D eigenvalue weighted by atomic mass is 16.2. The van der Waals surface area contributed by atoms with Crippen LogP contribution < -0.4 is 10.6 Å². The summed E-state index contributed by atoms with van der Waals surface area (Å²) in [5.41, 5.74) is 2.85. The molecule has 0 aliphatic heterocycles. The summed E-state index contributed by atoms with van der Waals surface area (Å²) in [6.45, 7) is 4.29. The third kappa shape index (κ3) is 4.59. The Morgan fingerprint density at radius 3 is 2.88 bits per heavy atom. The third-order valence-corrected chi connectivity index (χ3v) is 4.74. The summed E-state index contributed by atoms with van der Waals surface area (Å²) in [7, 11) is 0. The average molecular weight is 342 g/mol. The van der Waals surface area contributed by atoms with Crippen LogP contribution in [0, 0.1) is 12.8 Å². The molecule has 1 saturated carbocycles. The van der Waals surface area contributed by atoms with Gasteiger partial charge in [0.2, 0.25) is 11.8 Å². The zero-order valence-electron chi connectivity index (χ0n) is 14.9. The van der Waals surface area contributed by atoms with Gasteiger partial charge in [0.1, 0.15) is 5.65 Å². The summed E-state index contributed by atoms with van der Waals surface area (Å²) < 4.78 is 1.94. The Bertz CT molecular complexity index is 762. The first-order valence-electron chi connectivity index (χ1n) is 9.02. The molecule has 1 fully saturated rings. The Morgan fingerprint density at radius 1 is 1.36 bits per heavy atom. The van der Waals surface area contributed by atoms with Crippen LogP contribution in [0.15, 0.2) is 24.5 Å². The van der Waals surface area contributed by atoms with Gasteiger partial charge in [0, 0.05) is 30.8 Å². The number of nitrogens with one attached hydrogen (secondary N) is 2. The quantitative estimate of drug-likeness (QED) is 0.846. The average Bonchev–Trinajstić information content (AvgIpc) is 3.21. The molecule has 6 nitrogen and oxygen atoms in total. The van der Waals surface area contributed by atoms with E-state index in [1.807, 2.05) is 42.8 Å². The van der Waals surface area contributed by atoms with Crippen LogP contribution in [0.25, 0.3) is 5.65 Å². The Kier molecular flexibility index (Phi) is 5.36. The van der Waals surface area contributed by atoms with Crippen molar-refractivity contribution >= 4 is 17.5 Å². The van der Waals surface area contributed by atoms with Crippen LogP contribution >= 0.6 is 0 Å². The van der Waals surface area contributed by atoms with Crippen molar-refractivity contribution in [2.45, 2.75) is 58.5 Å². The summed E-state index contributed by atoms with van der Waals surface area (Å²) in [5, 5.41) is 5.84. The first kappa shape index (κ1) is 17.5. The number of hydrogen-bond donors (Lipinski definition) is 2. The van der Waals surface area contributed by atoms with Crippen LogP contribution in [-0.4, -0.2) is 27.2 Å². The zero-order chi connectivity index (χ0) is 17.8. The van der Waals surface area contributed by atoms with E-state index < -0.39 is 0 Å². The smallest absolute Gasteiger partial charge is 0.223 e. The monoisotopic (exact) mass is 342 g/mol. The van der Waals surface area contributed by atoms with Crippen molar-refractivity contribution in [2.24, 2.45) is 5.92 Å². The Balaban J connectivity index is 1.45. The molecule has 0 unspecified atom stereocenters. The lowest BCUT2D eigenvalue weighted by Crippen LogP contribution is -2.39. The normalized spacial score (nSPS) is 16.1.